The first-order valence-corrected chi connectivity index (χ1v) is 7.34. The third kappa shape index (κ3) is 3.65. The molecule has 0 saturated carbocycles. The lowest BCUT2D eigenvalue weighted by Crippen LogP contribution is -2.30. The molecule has 94 valence electrons. The van der Waals surface area contributed by atoms with Gasteiger partial charge < -0.3 is 4.90 Å². The number of hydrogen-bond acceptors (Lipinski definition) is 3. The zero-order chi connectivity index (χ0) is 12.8. The number of carbonyl (C=O) groups excluding carboxylic acids is 1. The number of aldehydes is 1. The Hall–Kier alpha value is -0.670. The molecule has 17 heavy (non-hydrogen) atoms. The first-order valence-electron chi connectivity index (χ1n) is 5.57. The Morgan fingerprint density at radius 2 is 2.24 bits per heavy atom. The highest BCUT2D eigenvalue weighted by Crippen LogP contribution is 2.30. The van der Waals surface area contributed by atoms with Crippen molar-refractivity contribution in [3.8, 4) is 0 Å². The SMILES string of the molecule is CSCCC(C)N(C)c1c(Cl)cccc1C=O. The van der Waals surface area contributed by atoms with Gasteiger partial charge >= 0.3 is 0 Å². The topological polar surface area (TPSA) is 20.3 Å². The van der Waals surface area contributed by atoms with Gasteiger partial charge in [0.1, 0.15) is 0 Å². The van der Waals surface area contributed by atoms with Crippen LogP contribution in [0.3, 0.4) is 0 Å². The van der Waals surface area contributed by atoms with Gasteiger partial charge in [0.2, 0.25) is 0 Å². The van der Waals surface area contributed by atoms with Crippen molar-refractivity contribution in [2.75, 3.05) is 24.0 Å². The van der Waals surface area contributed by atoms with E-state index in [-0.39, 0.29) is 0 Å². The van der Waals surface area contributed by atoms with Crippen LogP contribution in [0.1, 0.15) is 23.7 Å². The zero-order valence-electron chi connectivity index (χ0n) is 10.4. The fourth-order valence-electron chi connectivity index (χ4n) is 1.70. The van der Waals surface area contributed by atoms with Gasteiger partial charge in [-0.25, -0.2) is 0 Å². The third-order valence-electron chi connectivity index (χ3n) is 2.90. The van der Waals surface area contributed by atoms with E-state index in [1.165, 1.54) is 0 Å². The lowest BCUT2D eigenvalue weighted by atomic mass is 10.1. The van der Waals surface area contributed by atoms with E-state index >= 15 is 0 Å². The summed E-state index contributed by atoms with van der Waals surface area (Å²) < 4.78 is 0. The lowest BCUT2D eigenvalue weighted by Gasteiger charge is -2.28. The molecule has 0 amide bonds. The van der Waals surface area contributed by atoms with Gasteiger partial charge in [-0.2, -0.15) is 11.8 Å². The zero-order valence-corrected chi connectivity index (χ0v) is 12.0. The Bertz CT molecular complexity index is 384. The molecule has 0 aliphatic rings. The van der Waals surface area contributed by atoms with E-state index in [4.69, 9.17) is 11.6 Å². The summed E-state index contributed by atoms with van der Waals surface area (Å²) in [4.78, 5) is 13.1. The summed E-state index contributed by atoms with van der Waals surface area (Å²) >= 11 is 8.00. The van der Waals surface area contributed by atoms with Crippen LogP contribution in [-0.2, 0) is 0 Å². The maximum absolute atomic E-state index is 11.0. The van der Waals surface area contributed by atoms with E-state index in [9.17, 15) is 4.79 Å². The third-order valence-corrected chi connectivity index (χ3v) is 3.85. The fraction of sp³-hybridized carbons (Fsp3) is 0.462. The molecule has 0 aromatic heterocycles. The van der Waals surface area contributed by atoms with Crippen LogP contribution in [0.15, 0.2) is 18.2 Å². The van der Waals surface area contributed by atoms with Crippen molar-refractivity contribution in [1.29, 1.82) is 0 Å². The molecule has 1 rings (SSSR count). The number of nitrogens with zero attached hydrogens (tertiary/aromatic N) is 1. The van der Waals surface area contributed by atoms with Crippen molar-refractivity contribution in [2.24, 2.45) is 0 Å². The molecular weight excluding hydrogens is 254 g/mol. The number of anilines is 1. The first kappa shape index (κ1) is 14.4. The number of hydrogen-bond donors (Lipinski definition) is 0. The molecule has 0 fully saturated rings. The Kier molecular flexibility index (Phi) is 5.86. The molecule has 1 aromatic carbocycles. The van der Waals surface area contributed by atoms with Crippen molar-refractivity contribution < 1.29 is 4.79 Å². The van der Waals surface area contributed by atoms with Crippen LogP contribution in [-0.4, -0.2) is 31.4 Å². The van der Waals surface area contributed by atoms with Gasteiger partial charge in [0, 0.05) is 18.7 Å². The second kappa shape index (κ2) is 6.92. The van der Waals surface area contributed by atoms with Gasteiger partial charge in [0.15, 0.2) is 6.29 Å². The predicted molar refractivity (Wildman–Crippen MR) is 77.7 cm³/mol. The highest BCUT2D eigenvalue weighted by molar-refractivity contribution is 7.98. The van der Waals surface area contributed by atoms with Crippen LogP contribution in [0.4, 0.5) is 5.69 Å². The van der Waals surface area contributed by atoms with Gasteiger partial charge in [0.05, 0.1) is 10.7 Å². The van der Waals surface area contributed by atoms with Crippen LogP contribution in [0.25, 0.3) is 0 Å². The summed E-state index contributed by atoms with van der Waals surface area (Å²) in [6.45, 7) is 2.15. The quantitative estimate of drug-likeness (QED) is 0.736. The predicted octanol–water partition coefficient (Wildman–Crippen LogP) is 3.73. The minimum absolute atomic E-state index is 0.362. The van der Waals surface area contributed by atoms with E-state index in [2.05, 4.69) is 18.1 Å². The normalized spacial score (nSPS) is 12.2. The number of para-hydroxylation sites is 1. The highest BCUT2D eigenvalue weighted by atomic mass is 35.5. The Morgan fingerprint density at radius 3 is 2.82 bits per heavy atom. The van der Waals surface area contributed by atoms with E-state index < -0.39 is 0 Å². The maximum atomic E-state index is 11.0. The Morgan fingerprint density at radius 1 is 1.53 bits per heavy atom. The second-order valence-corrected chi connectivity index (χ2v) is 5.43. The van der Waals surface area contributed by atoms with Gasteiger partial charge in [-0.15, -0.1) is 0 Å². The van der Waals surface area contributed by atoms with E-state index in [0.717, 1.165) is 24.1 Å². The van der Waals surface area contributed by atoms with E-state index in [1.807, 2.05) is 24.9 Å². The number of carbonyl (C=O) groups is 1. The van der Waals surface area contributed by atoms with Crippen molar-refractivity contribution in [3.05, 3.63) is 28.8 Å². The average Bonchev–Trinajstić information content (AvgIpc) is 2.34. The summed E-state index contributed by atoms with van der Waals surface area (Å²) in [6.07, 6.45) is 4.03. The van der Waals surface area contributed by atoms with Crippen molar-refractivity contribution in [1.82, 2.24) is 0 Å². The second-order valence-electron chi connectivity index (χ2n) is 4.04. The summed E-state index contributed by atoms with van der Waals surface area (Å²) in [7, 11) is 1.99. The standard InChI is InChI=1S/C13H18ClNOS/c1-10(7-8-17-3)15(2)13-11(9-16)5-4-6-12(13)14/h4-6,9-10H,7-8H2,1-3H3. The first-order chi connectivity index (χ1) is 8.11. The van der Waals surface area contributed by atoms with Gasteiger partial charge in [0.25, 0.3) is 0 Å². The van der Waals surface area contributed by atoms with Crippen LogP contribution >= 0.6 is 23.4 Å². The minimum Gasteiger partial charge on any atom is -0.370 e. The molecule has 0 N–H and O–H groups in total. The molecule has 0 aliphatic carbocycles. The lowest BCUT2D eigenvalue weighted by molar-refractivity contribution is 0.112. The van der Waals surface area contributed by atoms with Gasteiger partial charge in [-0.1, -0.05) is 17.7 Å². The molecular formula is C13H18ClNOS. The molecule has 0 radical (unpaired) electrons. The van der Waals surface area contributed by atoms with E-state index in [0.29, 0.717) is 16.6 Å². The fourth-order valence-corrected chi connectivity index (χ4v) is 2.59. The molecule has 1 atom stereocenters. The molecule has 0 spiro atoms. The largest absolute Gasteiger partial charge is 0.370 e. The van der Waals surface area contributed by atoms with Crippen molar-refractivity contribution >= 4 is 35.3 Å². The van der Waals surface area contributed by atoms with Crippen LogP contribution in [0.5, 0.6) is 0 Å². The van der Waals surface area contributed by atoms with Crippen LogP contribution in [0.2, 0.25) is 5.02 Å². The van der Waals surface area contributed by atoms with Gasteiger partial charge in [-0.3, -0.25) is 4.79 Å². The molecule has 1 unspecified atom stereocenters. The summed E-state index contributed by atoms with van der Waals surface area (Å²) in [5.74, 6) is 1.10. The highest BCUT2D eigenvalue weighted by Gasteiger charge is 2.16. The van der Waals surface area contributed by atoms with Crippen molar-refractivity contribution in [2.45, 2.75) is 19.4 Å². The molecule has 0 saturated heterocycles. The monoisotopic (exact) mass is 271 g/mol. The van der Waals surface area contributed by atoms with Crippen LogP contribution in [0, 0.1) is 0 Å². The maximum Gasteiger partial charge on any atom is 0.152 e. The summed E-state index contributed by atoms with van der Waals surface area (Å²) in [5.41, 5.74) is 1.48. The number of benzene rings is 1. The van der Waals surface area contributed by atoms with E-state index in [1.54, 1.807) is 12.1 Å². The molecule has 4 heteroatoms. The Labute approximate surface area is 112 Å². The molecule has 1 aromatic rings. The van der Waals surface area contributed by atoms with Gasteiger partial charge in [-0.05, 0) is 37.5 Å². The number of rotatable bonds is 6. The molecule has 0 aliphatic heterocycles. The summed E-state index contributed by atoms with van der Waals surface area (Å²) in [5, 5.41) is 0.633. The smallest absolute Gasteiger partial charge is 0.152 e. The summed E-state index contributed by atoms with van der Waals surface area (Å²) in [6, 6.07) is 5.78. The minimum atomic E-state index is 0.362. The number of thioether (sulfide) groups is 1. The molecule has 2 nitrogen and oxygen atoms in total. The molecule has 0 bridgehead atoms. The average molecular weight is 272 g/mol. The molecule has 0 heterocycles. The number of halogens is 1. The van der Waals surface area contributed by atoms with Crippen LogP contribution < -0.4 is 4.90 Å². The van der Waals surface area contributed by atoms with Crippen molar-refractivity contribution in [3.63, 3.8) is 0 Å². The Balaban J connectivity index is 2.94.